The van der Waals surface area contributed by atoms with Gasteiger partial charge >= 0.3 is 0 Å². The molecule has 1 rings (SSSR count). The van der Waals surface area contributed by atoms with Crippen LogP contribution >= 0.6 is 0 Å². The van der Waals surface area contributed by atoms with Crippen LogP contribution in [-0.2, 0) is 10.2 Å². The van der Waals surface area contributed by atoms with Crippen LogP contribution < -0.4 is 10.0 Å². The van der Waals surface area contributed by atoms with Crippen LogP contribution in [0, 0.1) is 5.92 Å². The molecule has 1 heterocycles. The van der Waals surface area contributed by atoms with Crippen molar-refractivity contribution in [3.63, 3.8) is 0 Å². The number of hydrogen-bond donors (Lipinski definition) is 2. The molecule has 2 unspecified atom stereocenters. The molecule has 7 heteroatoms. The van der Waals surface area contributed by atoms with E-state index in [0.717, 1.165) is 25.9 Å². The predicted molar refractivity (Wildman–Crippen MR) is 82.9 cm³/mol. The third kappa shape index (κ3) is 5.65. The second kappa shape index (κ2) is 8.29. The van der Waals surface area contributed by atoms with Gasteiger partial charge in [0.05, 0.1) is 0 Å². The monoisotopic (exact) mass is 306 g/mol. The Morgan fingerprint density at radius 3 is 2.70 bits per heavy atom. The summed E-state index contributed by atoms with van der Waals surface area (Å²) in [6.07, 6.45) is 2.05. The summed E-state index contributed by atoms with van der Waals surface area (Å²) in [5, 5.41) is 3.31. The van der Waals surface area contributed by atoms with Gasteiger partial charge in [0.2, 0.25) is 0 Å². The van der Waals surface area contributed by atoms with Crippen molar-refractivity contribution in [2.75, 3.05) is 46.8 Å². The molecule has 6 nitrogen and oxygen atoms in total. The lowest BCUT2D eigenvalue weighted by atomic mass is 10.00. The molecule has 0 aromatic rings. The van der Waals surface area contributed by atoms with Gasteiger partial charge in [-0.1, -0.05) is 6.92 Å². The van der Waals surface area contributed by atoms with Crippen molar-refractivity contribution in [1.82, 2.24) is 19.2 Å². The Kier molecular flexibility index (Phi) is 7.39. The Morgan fingerprint density at radius 1 is 1.40 bits per heavy atom. The number of piperidine rings is 1. The van der Waals surface area contributed by atoms with Crippen LogP contribution in [0.3, 0.4) is 0 Å². The van der Waals surface area contributed by atoms with E-state index in [2.05, 4.69) is 17.0 Å². The molecule has 0 amide bonds. The summed E-state index contributed by atoms with van der Waals surface area (Å²) in [7, 11) is 0.560. The largest absolute Gasteiger partial charge is 0.317 e. The normalized spacial score (nSPS) is 23.1. The van der Waals surface area contributed by atoms with Gasteiger partial charge in [-0.05, 0) is 52.9 Å². The zero-order valence-electron chi connectivity index (χ0n) is 13.2. The maximum absolute atomic E-state index is 12.3. The third-order valence-electron chi connectivity index (χ3n) is 3.95. The molecule has 2 atom stereocenters. The van der Waals surface area contributed by atoms with E-state index in [4.69, 9.17) is 0 Å². The summed E-state index contributed by atoms with van der Waals surface area (Å²) in [6.45, 7) is 7.61. The zero-order chi connectivity index (χ0) is 15.2. The average Bonchev–Trinajstić information content (AvgIpc) is 2.42. The standard InChI is InChI=1S/C13H30N4O2S/c1-5-14-10-13-7-6-8-17(11-13)20(18,19)15-9-12(2)16(3)4/h12-15H,5-11H2,1-4H3. The molecule has 120 valence electrons. The minimum absolute atomic E-state index is 0.187. The summed E-state index contributed by atoms with van der Waals surface area (Å²) in [6, 6.07) is 0.187. The molecule has 2 N–H and O–H groups in total. The molecule has 1 aliphatic rings. The summed E-state index contributed by atoms with van der Waals surface area (Å²) in [5.74, 6) is 0.423. The van der Waals surface area contributed by atoms with E-state index in [1.54, 1.807) is 4.31 Å². The van der Waals surface area contributed by atoms with Gasteiger partial charge in [-0.3, -0.25) is 0 Å². The molecule has 1 saturated heterocycles. The minimum atomic E-state index is -3.34. The van der Waals surface area contributed by atoms with E-state index < -0.39 is 10.2 Å². The molecule has 1 aliphatic heterocycles. The number of likely N-dealkylation sites (N-methyl/N-ethyl adjacent to an activating group) is 1. The van der Waals surface area contributed by atoms with Crippen LogP contribution in [0.4, 0.5) is 0 Å². The molecule has 0 spiro atoms. The highest BCUT2D eigenvalue weighted by Gasteiger charge is 2.28. The fourth-order valence-electron chi connectivity index (χ4n) is 2.26. The first-order chi connectivity index (χ1) is 9.36. The quantitative estimate of drug-likeness (QED) is 0.667. The van der Waals surface area contributed by atoms with Crippen molar-refractivity contribution in [1.29, 1.82) is 0 Å². The number of nitrogens with zero attached hydrogens (tertiary/aromatic N) is 2. The van der Waals surface area contributed by atoms with Crippen LogP contribution in [0.25, 0.3) is 0 Å². The fraction of sp³-hybridized carbons (Fsp3) is 1.00. The highest BCUT2D eigenvalue weighted by molar-refractivity contribution is 7.87. The summed E-state index contributed by atoms with van der Waals surface area (Å²) in [5.41, 5.74) is 0. The van der Waals surface area contributed by atoms with Gasteiger partial charge in [-0.25, -0.2) is 4.72 Å². The van der Waals surface area contributed by atoms with Gasteiger partial charge in [0, 0.05) is 25.7 Å². The van der Waals surface area contributed by atoms with Crippen LogP contribution in [0.5, 0.6) is 0 Å². The van der Waals surface area contributed by atoms with Gasteiger partial charge in [0.25, 0.3) is 10.2 Å². The molecule has 1 fully saturated rings. The smallest absolute Gasteiger partial charge is 0.279 e. The topological polar surface area (TPSA) is 64.7 Å². The Bertz CT molecular complexity index is 373. The van der Waals surface area contributed by atoms with Crippen molar-refractivity contribution in [3.8, 4) is 0 Å². The first kappa shape index (κ1) is 17.8. The van der Waals surface area contributed by atoms with Gasteiger partial charge in [0.15, 0.2) is 0 Å². The van der Waals surface area contributed by atoms with E-state index >= 15 is 0 Å². The van der Waals surface area contributed by atoms with Crippen LogP contribution in [0.1, 0.15) is 26.7 Å². The lowest BCUT2D eigenvalue weighted by Gasteiger charge is -2.32. The molecular weight excluding hydrogens is 276 g/mol. The second-order valence-corrected chi connectivity index (χ2v) is 7.60. The molecule has 0 bridgehead atoms. The first-order valence-corrected chi connectivity index (χ1v) is 8.92. The molecule has 0 aliphatic carbocycles. The minimum Gasteiger partial charge on any atom is -0.317 e. The van der Waals surface area contributed by atoms with E-state index in [1.165, 1.54) is 0 Å². The van der Waals surface area contributed by atoms with Crippen molar-refractivity contribution < 1.29 is 8.42 Å². The Morgan fingerprint density at radius 2 is 2.10 bits per heavy atom. The SMILES string of the molecule is CCNCC1CCCN(S(=O)(=O)NCC(C)N(C)C)C1. The van der Waals surface area contributed by atoms with Gasteiger partial charge < -0.3 is 10.2 Å². The fourth-order valence-corrected chi connectivity index (χ4v) is 3.67. The lowest BCUT2D eigenvalue weighted by Crippen LogP contribution is -2.49. The molecule has 0 radical (unpaired) electrons. The second-order valence-electron chi connectivity index (χ2n) is 5.84. The Hall–Kier alpha value is -0.210. The highest BCUT2D eigenvalue weighted by atomic mass is 32.2. The number of hydrogen-bond acceptors (Lipinski definition) is 4. The van der Waals surface area contributed by atoms with E-state index in [-0.39, 0.29) is 6.04 Å². The number of rotatable bonds is 8. The third-order valence-corrected chi connectivity index (χ3v) is 5.49. The van der Waals surface area contributed by atoms with E-state index in [1.807, 2.05) is 25.9 Å². The van der Waals surface area contributed by atoms with Crippen LogP contribution in [-0.4, -0.2) is 70.5 Å². The molecular formula is C13H30N4O2S. The summed E-state index contributed by atoms with van der Waals surface area (Å²) < 4.78 is 28.9. The lowest BCUT2D eigenvalue weighted by molar-refractivity contribution is 0.256. The molecule has 0 aromatic carbocycles. The maximum Gasteiger partial charge on any atom is 0.279 e. The van der Waals surface area contributed by atoms with Crippen molar-refractivity contribution in [2.45, 2.75) is 32.7 Å². The van der Waals surface area contributed by atoms with Crippen molar-refractivity contribution in [2.24, 2.45) is 5.92 Å². The van der Waals surface area contributed by atoms with Gasteiger partial charge in [0.1, 0.15) is 0 Å². The van der Waals surface area contributed by atoms with E-state index in [9.17, 15) is 8.42 Å². The molecule has 0 saturated carbocycles. The molecule has 0 aromatic heterocycles. The zero-order valence-corrected chi connectivity index (χ0v) is 14.0. The Balaban J connectivity index is 2.49. The Labute approximate surface area is 124 Å². The average molecular weight is 306 g/mol. The first-order valence-electron chi connectivity index (χ1n) is 7.48. The van der Waals surface area contributed by atoms with Gasteiger partial charge in [-0.15, -0.1) is 0 Å². The highest BCUT2D eigenvalue weighted by Crippen LogP contribution is 2.18. The van der Waals surface area contributed by atoms with E-state index in [0.29, 0.717) is 25.6 Å². The number of nitrogens with one attached hydrogen (secondary N) is 2. The van der Waals surface area contributed by atoms with Crippen LogP contribution in [0.2, 0.25) is 0 Å². The summed E-state index contributed by atoms with van der Waals surface area (Å²) >= 11 is 0. The van der Waals surface area contributed by atoms with Crippen molar-refractivity contribution >= 4 is 10.2 Å². The predicted octanol–water partition coefficient (Wildman–Crippen LogP) is 0.0924. The maximum atomic E-state index is 12.3. The van der Waals surface area contributed by atoms with Crippen LogP contribution in [0.15, 0.2) is 0 Å². The summed E-state index contributed by atoms with van der Waals surface area (Å²) in [4.78, 5) is 2.01. The molecule has 20 heavy (non-hydrogen) atoms. The van der Waals surface area contributed by atoms with Gasteiger partial charge in [-0.2, -0.15) is 12.7 Å². The van der Waals surface area contributed by atoms with Crippen molar-refractivity contribution in [3.05, 3.63) is 0 Å².